The molecule has 0 bridgehead atoms. The molecule has 0 saturated heterocycles. The molecule has 2 N–H and O–H groups in total. The summed E-state index contributed by atoms with van der Waals surface area (Å²) in [6.07, 6.45) is 0.989. The van der Waals surface area contributed by atoms with Crippen LogP contribution in [0.2, 0.25) is 0 Å². The van der Waals surface area contributed by atoms with Crippen LogP contribution in [0.1, 0.15) is 31.4 Å². The molecule has 1 amide bonds. The Morgan fingerprint density at radius 1 is 1.33 bits per heavy atom. The smallest absolute Gasteiger partial charge is 0.327 e. The van der Waals surface area contributed by atoms with E-state index in [4.69, 9.17) is 9.84 Å². The topological polar surface area (TPSA) is 75.6 Å². The van der Waals surface area contributed by atoms with Crippen molar-refractivity contribution in [3.05, 3.63) is 35.9 Å². The molecule has 0 fully saturated rings. The lowest BCUT2D eigenvalue weighted by Gasteiger charge is -2.20. The number of ether oxygens (including phenoxy) is 1. The van der Waals surface area contributed by atoms with Crippen LogP contribution < -0.4 is 5.32 Å². The van der Waals surface area contributed by atoms with Crippen molar-refractivity contribution in [2.24, 2.45) is 0 Å². The SMILES string of the molecule is CCCCOC(C(=O)N[C@@H](CS)C(=O)O)c1ccccc1. The maximum absolute atomic E-state index is 12.3. The third-order valence-electron chi connectivity index (χ3n) is 2.92. The largest absolute Gasteiger partial charge is 0.480 e. The Labute approximate surface area is 130 Å². The van der Waals surface area contributed by atoms with Crippen molar-refractivity contribution in [1.29, 1.82) is 0 Å². The first-order valence-corrected chi connectivity index (χ1v) is 7.54. The number of hydrogen-bond acceptors (Lipinski definition) is 4. The molecular weight excluding hydrogens is 290 g/mol. The van der Waals surface area contributed by atoms with Gasteiger partial charge in [-0.25, -0.2) is 4.79 Å². The predicted molar refractivity (Wildman–Crippen MR) is 83.5 cm³/mol. The van der Waals surface area contributed by atoms with Gasteiger partial charge in [-0.3, -0.25) is 4.79 Å². The van der Waals surface area contributed by atoms with E-state index < -0.39 is 24.0 Å². The average molecular weight is 311 g/mol. The van der Waals surface area contributed by atoms with Crippen molar-refractivity contribution in [3.63, 3.8) is 0 Å². The van der Waals surface area contributed by atoms with E-state index in [9.17, 15) is 9.59 Å². The molecule has 2 atom stereocenters. The zero-order chi connectivity index (χ0) is 15.7. The molecule has 0 saturated carbocycles. The van der Waals surface area contributed by atoms with Gasteiger partial charge in [-0.2, -0.15) is 12.6 Å². The summed E-state index contributed by atoms with van der Waals surface area (Å²) in [5.41, 5.74) is 0.703. The number of benzene rings is 1. The van der Waals surface area contributed by atoms with Gasteiger partial charge in [-0.15, -0.1) is 0 Å². The van der Waals surface area contributed by atoms with Crippen LogP contribution in [0.5, 0.6) is 0 Å². The van der Waals surface area contributed by atoms with Crippen LogP contribution in [0.15, 0.2) is 30.3 Å². The molecule has 1 unspecified atom stereocenters. The van der Waals surface area contributed by atoms with E-state index in [2.05, 4.69) is 17.9 Å². The van der Waals surface area contributed by atoms with Crippen molar-refractivity contribution in [3.8, 4) is 0 Å². The summed E-state index contributed by atoms with van der Waals surface area (Å²) in [5, 5.41) is 11.4. The Kier molecular flexibility index (Phi) is 7.85. The van der Waals surface area contributed by atoms with Crippen LogP contribution in [0.3, 0.4) is 0 Å². The lowest BCUT2D eigenvalue weighted by atomic mass is 10.1. The minimum Gasteiger partial charge on any atom is -0.480 e. The average Bonchev–Trinajstić information content (AvgIpc) is 2.49. The van der Waals surface area contributed by atoms with E-state index >= 15 is 0 Å². The van der Waals surface area contributed by atoms with Crippen LogP contribution in [0, 0.1) is 0 Å². The molecular formula is C15H21NO4S. The van der Waals surface area contributed by atoms with Crippen molar-refractivity contribution in [2.45, 2.75) is 31.9 Å². The van der Waals surface area contributed by atoms with Crippen molar-refractivity contribution < 1.29 is 19.4 Å². The fraction of sp³-hybridized carbons (Fsp3) is 0.467. The number of carbonyl (C=O) groups is 2. The first kappa shape index (κ1) is 17.5. The maximum Gasteiger partial charge on any atom is 0.327 e. The van der Waals surface area contributed by atoms with Crippen molar-refractivity contribution in [2.75, 3.05) is 12.4 Å². The number of amides is 1. The minimum absolute atomic E-state index is 0.0253. The molecule has 21 heavy (non-hydrogen) atoms. The standard InChI is InChI=1S/C15H21NO4S/c1-2-3-9-20-13(11-7-5-4-6-8-11)14(17)16-12(10-21)15(18)19/h4-8,12-13,21H,2-3,9-10H2,1H3,(H,16,17)(H,18,19)/t12-,13?/m0/s1. The van der Waals surface area contributed by atoms with Gasteiger partial charge in [-0.1, -0.05) is 43.7 Å². The Bertz CT molecular complexity index is 452. The highest BCUT2D eigenvalue weighted by atomic mass is 32.1. The molecule has 0 aliphatic heterocycles. The minimum atomic E-state index is -1.11. The van der Waals surface area contributed by atoms with Gasteiger partial charge in [0.2, 0.25) is 0 Å². The third kappa shape index (κ3) is 5.77. The quantitative estimate of drug-likeness (QED) is 0.482. The van der Waals surface area contributed by atoms with Crippen LogP contribution in [0.25, 0.3) is 0 Å². The molecule has 0 radical (unpaired) electrons. The molecule has 0 aliphatic rings. The number of hydrogen-bond donors (Lipinski definition) is 3. The van der Waals surface area contributed by atoms with Crippen LogP contribution in [0.4, 0.5) is 0 Å². The van der Waals surface area contributed by atoms with Gasteiger partial charge in [0, 0.05) is 12.4 Å². The monoisotopic (exact) mass is 311 g/mol. The Hall–Kier alpha value is -1.53. The van der Waals surface area contributed by atoms with Gasteiger partial charge in [0.05, 0.1) is 0 Å². The van der Waals surface area contributed by atoms with E-state index in [0.29, 0.717) is 12.2 Å². The summed E-state index contributed by atoms with van der Waals surface area (Å²) in [7, 11) is 0. The number of carbonyl (C=O) groups excluding carboxylic acids is 1. The van der Waals surface area contributed by atoms with Crippen molar-refractivity contribution in [1.82, 2.24) is 5.32 Å². The molecule has 0 spiro atoms. The van der Waals surface area contributed by atoms with Gasteiger partial charge in [0.25, 0.3) is 5.91 Å². The lowest BCUT2D eigenvalue weighted by molar-refractivity contribution is -0.144. The number of rotatable bonds is 9. The van der Waals surface area contributed by atoms with E-state index in [1.54, 1.807) is 12.1 Å². The second kappa shape index (κ2) is 9.41. The first-order chi connectivity index (χ1) is 10.1. The van der Waals surface area contributed by atoms with E-state index in [1.165, 1.54) is 0 Å². The fourth-order valence-corrected chi connectivity index (χ4v) is 1.98. The fourth-order valence-electron chi connectivity index (χ4n) is 1.73. The highest BCUT2D eigenvalue weighted by Crippen LogP contribution is 2.18. The molecule has 0 aliphatic carbocycles. The molecule has 116 valence electrons. The summed E-state index contributed by atoms with van der Waals surface area (Å²) >= 11 is 3.93. The summed E-state index contributed by atoms with van der Waals surface area (Å²) in [6.45, 7) is 2.48. The van der Waals surface area contributed by atoms with Crippen LogP contribution >= 0.6 is 12.6 Å². The van der Waals surface area contributed by atoms with Gasteiger partial charge < -0.3 is 15.2 Å². The highest BCUT2D eigenvalue weighted by Gasteiger charge is 2.26. The van der Waals surface area contributed by atoms with E-state index in [-0.39, 0.29) is 5.75 Å². The summed E-state index contributed by atoms with van der Waals surface area (Å²) < 4.78 is 5.63. The Morgan fingerprint density at radius 3 is 2.52 bits per heavy atom. The van der Waals surface area contributed by atoms with Gasteiger partial charge >= 0.3 is 5.97 Å². The number of nitrogens with one attached hydrogen (secondary N) is 1. The summed E-state index contributed by atoms with van der Waals surface area (Å²) in [5.74, 6) is -1.55. The van der Waals surface area contributed by atoms with Gasteiger partial charge in [0.1, 0.15) is 6.04 Å². The number of thiol groups is 1. The van der Waals surface area contributed by atoms with E-state index in [1.807, 2.05) is 25.1 Å². The summed E-state index contributed by atoms with van der Waals surface area (Å²) in [4.78, 5) is 23.3. The normalized spacial score (nSPS) is 13.4. The number of carboxylic acid groups (broad SMARTS) is 1. The second-order valence-corrected chi connectivity index (χ2v) is 4.96. The molecule has 1 rings (SSSR count). The molecule has 0 aromatic heterocycles. The predicted octanol–water partition coefficient (Wildman–Crippen LogP) is 2.04. The third-order valence-corrected chi connectivity index (χ3v) is 3.29. The number of carboxylic acids is 1. The zero-order valence-corrected chi connectivity index (χ0v) is 12.9. The van der Waals surface area contributed by atoms with Crippen LogP contribution in [-0.2, 0) is 14.3 Å². The number of aliphatic carboxylic acids is 1. The lowest BCUT2D eigenvalue weighted by Crippen LogP contribution is -2.44. The zero-order valence-electron chi connectivity index (χ0n) is 12.0. The molecule has 5 nitrogen and oxygen atoms in total. The summed E-state index contributed by atoms with van der Waals surface area (Å²) in [6, 6.07) is 8.01. The van der Waals surface area contributed by atoms with Crippen molar-refractivity contribution >= 4 is 24.5 Å². The Balaban J connectivity index is 2.80. The first-order valence-electron chi connectivity index (χ1n) is 6.90. The molecule has 1 aromatic rings. The molecule has 1 aromatic carbocycles. The van der Waals surface area contributed by atoms with Crippen LogP contribution in [-0.4, -0.2) is 35.4 Å². The van der Waals surface area contributed by atoms with E-state index in [0.717, 1.165) is 12.8 Å². The van der Waals surface area contributed by atoms with Gasteiger partial charge in [-0.05, 0) is 12.0 Å². The molecule has 0 heterocycles. The second-order valence-electron chi connectivity index (χ2n) is 4.60. The maximum atomic E-state index is 12.3. The number of unbranched alkanes of at least 4 members (excludes halogenated alkanes) is 1. The van der Waals surface area contributed by atoms with Gasteiger partial charge in [0.15, 0.2) is 6.10 Å². The Morgan fingerprint density at radius 2 is 2.00 bits per heavy atom. The highest BCUT2D eigenvalue weighted by molar-refractivity contribution is 7.80. The molecule has 6 heteroatoms.